The Morgan fingerprint density at radius 1 is 1.27 bits per heavy atom. The number of carboxylic acid groups (broad SMARTS) is 1. The van der Waals surface area contributed by atoms with Crippen LogP contribution in [0, 0.1) is 0 Å². The number of benzene rings is 1. The average Bonchev–Trinajstić information content (AvgIpc) is 2.65. The van der Waals surface area contributed by atoms with Crippen LogP contribution in [0.25, 0.3) is 6.08 Å². The van der Waals surface area contributed by atoms with Crippen molar-refractivity contribution in [2.75, 3.05) is 26.8 Å². The van der Waals surface area contributed by atoms with Crippen molar-refractivity contribution in [3.05, 3.63) is 35.9 Å². The third-order valence-corrected chi connectivity index (χ3v) is 5.53. The van der Waals surface area contributed by atoms with Crippen LogP contribution in [0.5, 0.6) is 0 Å². The van der Waals surface area contributed by atoms with Gasteiger partial charge in [0.15, 0.2) is 0 Å². The molecular formula is C17H22N2O6S. The van der Waals surface area contributed by atoms with E-state index in [0.29, 0.717) is 31.6 Å². The SMILES string of the molecule is CNS(=O)(=O)c1ccc(C=CC(=O)N(CC(=O)O)C2CCOCC2)cc1. The van der Waals surface area contributed by atoms with Crippen LogP contribution in [0.1, 0.15) is 18.4 Å². The number of carbonyl (C=O) groups excluding carboxylic acids is 1. The lowest BCUT2D eigenvalue weighted by molar-refractivity contribution is -0.145. The first-order valence-electron chi connectivity index (χ1n) is 8.15. The van der Waals surface area contributed by atoms with Crippen LogP contribution in [0.4, 0.5) is 0 Å². The highest BCUT2D eigenvalue weighted by Gasteiger charge is 2.26. The van der Waals surface area contributed by atoms with Gasteiger partial charge in [0.25, 0.3) is 0 Å². The van der Waals surface area contributed by atoms with Crippen LogP contribution in [-0.4, -0.2) is 63.1 Å². The molecule has 8 nitrogen and oxygen atoms in total. The molecule has 0 saturated carbocycles. The maximum atomic E-state index is 12.5. The van der Waals surface area contributed by atoms with Gasteiger partial charge in [-0.1, -0.05) is 12.1 Å². The summed E-state index contributed by atoms with van der Waals surface area (Å²) in [5.74, 6) is -1.47. The molecule has 1 fully saturated rings. The number of hydrogen-bond acceptors (Lipinski definition) is 5. The lowest BCUT2D eigenvalue weighted by Gasteiger charge is -2.32. The molecule has 0 spiro atoms. The zero-order valence-corrected chi connectivity index (χ0v) is 15.2. The highest BCUT2D eigenvalue weighted by Crippen LogP contribution is 2.16. The van der Waals surface area contributed by atoms with Crippen molar-refractivity contribution in [1.82, 2.24) is 9.62 Å². The second-order valence-corrected chi connectivity index (χ2v) is 7.70. The minimum Gasteiger partial charge on any atom is -0.480 e. The number of amides is 1. The van der Waals surface area contributed by atoms with Crippen molar-refractivity contribution in [3.63, 3.8) is 0 Å². The molecule has 26 heavy (non-hydrogen) atoms. The van der Waals surface area contributed by atoms with Gasteiger partial charge < -0.3 is 14.7 Å². The van der Waals surface area contributed by atoms with Gasteiger partial charge in [0.1, 0.15) is 6.54 Å². The van der Waals surface area contributed by atoms with Crippen LogP contribution in [-0.2, 0) is 24.3 Å². The van der Waals surface area contributed by atoms with Crippen molar-refractivity contribution in [1.29, 1.82) is 0 Å². The van der Waals surface area contributed by atoms with Gasteiger partial charge in [0.05, 0.1) is 4.90 Å². The minimum atomic E-state index is -3.51. The summed E-state index contributed by atoms with van der Waals surface area (Å²) < 4.78 is 30.9. The summed E-state index contributed by atoms with van der Waals surface area (Å²) in [5, 5.41) is 9.07. The molecule has 142 valence electrons. The van der Waals surface area contributed by atoms with Gasteiger partial charge in [-0.15, -0.1) is 0 Å². The zero-order valence-electron chi connectivity index (χ0n) is 14.4. The molecule has 0 aromatic heterocycles. The second-order valence-electron chi connectivity index (χ2n) is 5.81. The first kappa shape index (κ1) is 20.1. The van der Waals surface area contributed by atoms with Crippen LogP contribution < -0.4 is 4.72 Å². The summed E-state index contributed by atoms with van der Waals surface area (Å²) in [4.78, 5) is 25.0. The van der Waals surface area contributed by atoms with Crippen LogP contribution in [0.15, 0.2) is 35.2 Å². The van der Waals surface area contributed by atoms with Gasteiger partial charge in [-0.25, -0.2) is 13.1 Å². The number of sulfonamides is 1. The molecule has 1 aromatic carbocycles. The molecule has 2 rings (SSSR count). The normalized spacial score (nSPS) is 15.9. The number of carboxylic acids is 1. The van der Waals surface area contributed by atoms with Crippen LogP contribution in [0.3, 0.4) is 0 Å². The van der Waals surface area contributed by atoms with Gasteiger partial charge >= 0.3 is 5.97 Å². The second kappa shape index (κ2) is 8.93. The van der Waals surface area contributed by atoms with Crippen molar-refractivity contribution < 1.29 is 27.9 Å². The Kier molecular flexibility index (Phi) is 6.90. The molecule has 1 amide bonds. The minimum absolute atomic E-state index is 0.123. The number of carbonyl (C=O) groups is 2. The smallest absolute Gasteiger partial charge is 0.323 e. The van der Waals surface area contributed by atoms with E-state index in [0.717, 1.165) is 0 Å². The number of rotatable bonds is 7. The molecule has 1 saturated heterocycles. The maximum Gasteiger partial charge on any atom is 0.323 e. The summed E-state index contributed by atoms with van der Waals surface area (Å²) in [6.07, 6.45) is 4.04. The van der Waals surface area contributed by atoms with E-state index in [2.05, 4.69) is 4.72 Å². The fourth-order valence-corrected chi connectivity index (χ4v) is 3.40. The Hall–Kier alpha value is -2.23. The quantitative estimate of drug-likeness (QED) is 0.671. The van der Waals surface area contributed by atoms with E-state index in [1.165, 1.54) is 36.2 Å². The third kappa shape index (κ3) is 5.38. The lowest BCUT2D eigenvalue weighted by Crippen LogP contribution is -2.45. The molecule has 0 unspecified atom stereocenters. The van der Waals surface area contributed by atoms with Gasteiger partial charge in [-0.2, -0.15) is 0 Å². The highest BCUT2D eigenvalue weighted by molar-refractivity contribution is 7.89. The Labute approximate surface area is 152 Å². The molecule has 1 heterocycles. The predicted molar refractivity (Wildman–Crippen MR) is 94.9 cm³/mol. The molecule has 1 aliphatic rings. The summed E-state index contributed by atoms with van der Waals surface area (Å²) in [6, 6.07) is 5.85. The molecular weight excluding hydrogens is 360 g/mol. The van der Waals surface area contributed by atoms with Gasteiger partial charge in [-0.3, -0.25) is 9.59 Å². The van der Waals surface area contributed by atoms with Crippen molar-refractivity contribution >= 4 is 28.0 Å². The molecule has 0 aliphatic carbocycles. The molecule has 2 N–H and O–H groups in total. The van der Waals surface area contributed by atoms with Gasteiger partial charge in [0, 0.05) is 25.3 Å². The van der Waals surface area contributed by atoms with E-state index < -0.39 is 21.9 Å². The maximum absolute atomic E-state index is 12.5. The Morgan fingerprint density at radius 2 is 1.88 bits per heavy atom. The summed E-state index contributed by atoms with van der Waals surface area (Å²) in [5.41, 5.74) is 0.635. The van der Waals surface area contributed by atoms with Crippen LogP contribution >= 0.6 is 0 Å². The zero-order chi connectivity index (χ0) is 19.2. The Balaban J connectivity index is 2.10. The first-order chi connectivity index (χ1) is 12.3. The van der Waals surface area contributed by atoms with Crippen molar-refractivity contribution in [2.24, 2.45) is 0 Å². The van der Waals surface area contributed by atoms with E-state index >= 15 is 0 Å². The monoisotopic (exact) mass is 382 g/mol. The topological polar surface area (TPSA) is 113 Å². The standard InChI is InChI=1S/C17H22N2O6S/c1-18-26(23,24)15-5-2-13(3-6-15)4-7-16(20)19(12-17(21)22)14-8-10-25-11-9-14/h2-7,14,18H,8-12H2,1H3,(H,21,22). The fourth-order valence-electron chi connectivity index (χ4n) is 2.67. The lowest BCUT2D eigenvalue weighted by atomic mass is 10.1. The highest BCUT2D eigenvalue weighted by atomic mass is 32.2. The number of hydrogen-bond donors (Lipinski definition) is 2. The molecule has 9 heteroatoms. The van der Waals surface area contributed by atoms with Crippen molar-refractivity contribution in [2.45, 2.75) is 23.8 Å². The number of ether oxygens (including phenoxy) is 1. The summed E-state index contributed by atoms with van der Waals surface area (Å²) >= 11 is 0. The fraction of sp³-hybridized carbons (Fsp3) is 0.412. The molecule has 0 bridgehead atoms. The molecule has 1 aliphatic heterocycles. The Morgan fingerprint density at radius 3 is 2.42 bits per heavy atom. The van der Waals surface area contributed by atoms with E-state index in [1.807, 2.05) is 0 Å². The van der Waals surface area contributed by atoms with E-state index in [4.69, 9.17) is 9.84 Å². The molecule has 0 radical (unpaired) electrons. The first-order valence-corrected chi connectivity index (χ1v) is 9.63. The summed E-state index contributed by atoms with van der Waals surface area (Å²) in [6.45, 7) is 0.631. The molecule has 0 atom stereocenters. The van der Waals surface area contributed by atoms with Gasteiger partial charge in [0.2, 0.25) is 15.9 Å². The number of nitrogens with zero attached hydrogens (tertiary/aromatic N) is 1. The third-order valence-electron chi connectivity index (χ3n) is 4.10. The predicted octanol–water partition coefficient (Wildman–Crippen LogP) is 0.700. The molecule has 1 aromatic rings. The largest absolute Gasteiger partial charge is 0.480 e. The number of nitrogens with one attached hydrogen (secondary N) is 1. The van der Waals surface area contributed by atoms with E-state index in [9.17, 15) is 18.0 Å². The number of aliphatic carboxylic acids is 1. The summed E-state index contributed by atoms with van der Waals surface area (Å²) in [7, 11) is -2.19. The van der Waals surface area contributed by atoms with Crippen molar-refractivity contribution in [3.8, 4) is 0 Å². The Bertz CT molecular complexity index is 767. The average molecular weight is 382 g/mol. The van der Waals surface area contributed by atoms with Gasteiger partial charge in [-0.05, 0) is 43.7 Å². The van der Waals surface area contributed by atoms with E-state index in [-0.39, 0.29) is 17.5 Å². The van der Waals surface area contributed by atoms with E-state index in [1.54, 1.807) is 12.1 Å². The van der Waals surface area contributed by atoms with Crippen LogP contribution in [0.2, 0.25) is 0 Å².